The number of hydrogen-bond acceptors (Lipinski definition) is 3. The van der Waals surface area contributed by atoms with Crippen LogP contribution in [0.4, 0.5) is 5.69 Å². The third-order valence-electron chi connectivity index (χ3n) is 4.33. The van der Waals surface area contributed by atoms with Gasteiger partial charge in [0.15, 0.2) is 5.76 Å². The zero-order chi connectivity index (χ0) is 18.1. The molecular weight excluding hydrogens is 324 g/mol. The first-order valence-electron chi connectivity index (χ1n) is 8.45. The van der Waals surface area contributed by atoms with Crippen LogP contribution in [0.3, 0.4) is 0 Å². The Bertz CT molecular complexity index is 1090. The second-order valence-electron chi connectivity index (χ2n) is 6.43. The maximum Gasteiger partial charge on any atom is 0.255 e. The normalized spacial score (nSPS) is 10.8. The Morgan fingerprint density at radius 3 is 2.50 bits per heavy atom. The summed E-state index contributed by atoms with van der Waals surface area (Å²) in [5.41, 5.74) is 5.28. The molecule has 0 saturated carbocycles. The van der Waals surface area contributed by atoms with Crippen LogP contribution in [-0.2, 0) is 0 Å². The molecule has 0 spiro atoms. The van der Waals surface area contributed by atoms with Crippen LogP contribution in [0.5, 0.6) is 0 Å². The highest BCUT2D eigenvalue weighted by atomic mass is 16.5. The van der Waals surface area contributed by atoms with Crippen molar-refractivity contribution in [2.75, 3.05) is 5.32 Å². The Labute approximate surface area is 151 Å². The number of carbonyl (C=O) groups is 1. The minimum absolute atomic E-state index is 0.159. The molecule has 1 aromatic heterocycles. The van der Waals surface area contributed by atoms with Crippen LogP contribution < -0.4 is 5.32 Å². The number of amides is 1. The molecule has 0 aliphatic rings. The predicted molar refractivity (Wildman–Crippen MR) is 103 cm³/mol. The molecule has 1 N–H and O–H groups in total. The number of anilines is 1. The van der Waals surface area contributed by atoms with Crippen molar-refractivity contribution < 1.29 is 9.32 Å². The van der Waals surface area contributed by atoms with Gasteiger partial charge in [-0.2, -0.15) is 0 Å². The van der Waals surface area contributed by atoms with Gasteiger partial charge in [0, 0.05) is 16.8 Å². The van der Waals surface area contributed by atoms with Gasteiger partial charge in [0.1, 0.15) is 5.52 Å². The van der Waals surface area contributed by atoms with E-state index < -0.39 is 0 Å². The minimum Gasteiger partial charge on any atom is -0.355 e. The Kier molecular flexibility index (Phi) is 4.01. The average molecular weight is 342 g/mol. The van der Waals surface area contributed by atoms with Crippen molar-refractivity contribution in [3.63, 3.8) is 0 Å². The molecule has 0 aliphatic carbocycles. The molecular formula is C22H18N2O2. The van der Waals surface area contributed by atoms with Crippen molar-refractivity contribution in [1.29, 1.82) is 0 Å². The van der Waals surface area contributed by atoms with E-state index in [1.165, 1.54) is 5.56 Å². The highest BCUT2D eigenvalue weighted by molar-refractivity contribution is 6.07. The van der Waals surface area contributed by atoms with Crippen LogP contribution >= 0.6 is 0 Å². The first kappa shape index (κ1) is 16.1. The number of aromatic nitrogens is 1. The monoisotopic (exact) mass is 342 g/mol. The van der Waals surface area contributed by atoms with Gasteiger partial charge in [0.25, 0.3) is 5.91 Å². The summed E-state index contributed by atoms with van der Waals surface area (Å²) in [5, 5.41) is 7.86. The molecule has 0 unspecified atom stereocenters. The fourth-order valence-electron chi connectivity index (χ4n) is 2.92. The molecule has 1 amide bonds. The molecule has 0 radical (unpaired) electrons. The van der Waals surface area contributed by atoms with Crippen LogP contribution in [0.1, 0.15) is 21.5 Å². The van der Waals surface area contributed by atoms with Crippen LogP contribution in [0.25, 0.3) is 22.2 Å². The number of nitrogens with one attached hydrogen (secondary N) is 1. The van der Waals surface area contributed by atoms with Gasteiger partial charge in [-0.1, -0.05) is 47.1 Å². The van der Waals surface area contributed by atoms with Crippen LogP contribution in [0, 0.1) is 13.8 Å². The fraction of sp³-hybridized carbons (Fsp3) is 0.0909. The summed E-state index contributed by atoms with van der Waals surface area (Å²) >= 11 is 0. The summed E-state index contributed by atoms with van der Waals surface area (Å²) in [6, 6.07) is 21.2. The van der Waals surface area contributed by atoms with E-state index in [2.05, 4.69) is 10.5 Å². The van der Waals surface area contributed by atoms with Gasteiger partial charge in [-0.25, -0.2) is 0 Å². The summed E-state index contributed by atoms with van der Waals surface area (Å²) in [4.78, 5) is 12.6. The van der Waals surface area contributed by atoms with Gasteiger partial charge in [0.2, 0.25) is 0 Å². The lowest BCUT2D eigenvalue weighted by Crippen LogP contribution is -2.11. The number of nitrogens with zero attached hydrogens (tertiary/aromatic N) is 1. The first-order chi connectivity index (χ1) is 12.6. The second-order valence-corrected chi connectivity index (χ2v) is 6.43. The SMILES string of the molecule is Cc1ccc(-c2onc3ccc(C(=O)Nc4cccc(C)c4)cc23)cc1. The number of aryl methyl sites for hydroxylation is 2. The molecule has 0 atom stereocenters. The van der Waals surface area contributed by atoms with Crippen molar-refractivity contribution in [3.8, 4) is 11.3 Å². The Hall–Kier alpha value is -3.40. The topological polar surface area (TPSA) is 55.1 Å². The predicted octanol–water partition coefficient (Wildman–Crippen LogP) is 5.36. The molecule has 4 nitrogen and oxygen atoms in total. The lowest BCUT2D eigenvalue weighted by Gasteiger charge is -2.06. The van der Waals surface area contributed by atoms with Gasteiger partial charge in [0.05, 0.1) is 5.39 Å². The fourth-order valence-corrected chi connectivity index (χ4v) is 2.92. The largest absolute Gasteiger partial charge is 0.355 e. The highest BCUT2D eigenvalue weighted by Crippen LogP contribution is 2.29. The molecule has 3 aromatic carbocycles. The van der Waals surface area contributed by atoms with E-state index in [0.717, 1.165) is 27.7 Å². The summed E-state index contributed by atoms with van der Waals surface area (Å²) < 4.78 is 5.53. The molecule has 4 aromatic rings. The third-order valence-corrected chi connectivity index (χ3v) is 4.33. The zero-order valence-electron chi connectivity index (χ0n) is 14.6. The maximum absolute atomic E-state index is 12.6. The van der Waals surface area contributed by atoms with Gasteiger partial charge < -0.3 is 9.84 Å². The van der Waals surface area contributed by atoms with Crippen molar-refractivity contribution >= 4 is 22.5 Å². The lowest BCUT2D eigenvalue weighted by molar-refractivity contribution is 0.102. The molecule has 4 rings (SSSR count). The van der Waals surface area contributed by atoms with Crippen LogP contribution in [-0.4, -0.2) is 11.1 Å². The molecule has 0 fully saturated rings. The van der Waals surface area contributed by atoms with Gasteiger partial charge in [-0.3, -0.25) is 4.79 Å². The second kappa shape index (κ2) is 6.48. The molecule has 128 valence electrons. The summed E-state index contributed by atoms with van der Waals surface area (Å²) in [5.74, 6) is 0.513. The first-order valence-corrected chi connectivity index (χ1v) is 8.45. The van der Waals surface area contributed by atoms with E-state index in [0.29, 0.717) is 11.3 Å². The molecule has 26 heavy (non-hydrogen) atoms. The quantitative estimate of drug-likeness (QED) is 0.545. The average Bonchev–Trinajstić information content (AvgIpc) is 3.05. The van der Waals surface area contributed by atoms with E-state index in [1.807, 2.05) is 74.5 Å². The molecule has 0 bridgehead atoms. The minimum atomic E-state index is -0.159. The number of carbonyl (C=O) groups excluding carboxylic acids is 1. The summed E-state index contributed by atoms with van der Waals surface area (Å²) in [6.07, 6.45) is 0. The van der Waals surface area contributed by atoms with E-state index in [9.17, 15) is 4.79 Å². The van der Waals surface area contributed by atoms with Crippen molar-refractivity contribution in [2.45, 2.75) is 13.8 Å². The number of benzene rings is 3. The van der Waals surface area contributed by atoms with Crippen LogP contribution in [0.15, 0.2) is 71.3 Å². The zero-order valence-corrected chi connectivity index (χ0v) is 14.6. The van der Waals surface area contributed by atoms with E-state index in [1.54, 1.807) is 6.07 Å². The summed E-state index contributed by atoms with van der Waals surface area (Å²) in [6.45, 7) is 4.03. The van der Waals surface area contributed by atoms with Gasteiger partial charge in [-0.15, -0.1) is 0 Å². The Morgan fingerprint density at radius 2 is 1.73 bits per heavy atom. The molecule has 0 saturated heterocycles. The van der Waals surface area contributed by atoms with Crippen LogP contribution in [0.2, 0.25) is 0 Å². The van der Waals surface area contributed by atoms with Gasteiger partial charge >= 0.3 is 0 Å². The Balaban J connectivity index is 1.69. The molecule has 4 heteroatoms. The van der Waals surface area contributed by atoms with E-state index in [4.69, 9.17) is 4.52 Å². The molecule has 1 heterocycles. The Morgan fingerprint density at radius 1 is 0.923 bits per heavy atom. The smallest absolute Gasteiger partial charge is 0.255 e. The third kappa shape index (κ3) is 3.09. The standard InChI is InChI=1S/C22H18N2O2/c1-14-6-8-16(9-7-14)21-19-13-17(10-11-20(19)24-26-21)22(25)23-18-5-3-4-15(2)12-18/h3-13H,1-2H3,(H,23,25). The highest BCUT2D eigenvalue weighted by Gasteiger charge is 2.14. The van der Waals surface area contributed by atoms with Crippen molar-refractivity contribution in [3.05, 3.63) is 83.4 Å². The number of fused-ring (bicyclic) bond motifs is 1. The van der Waals surface area contributed by atoms with Crippen molar-refractivity contribution in [1.82, 2.24) is 5.16 Å². The number of hydrogen-bond donors (Lipinski definition) is 1. The van der Waals surface area contributed by atoms with E-state index in [-0.39, 0.29) is 5.91 Å². The molecule has 0 aliphatic heterocycles. The van der Waals surface area contributed by atoms with Gasteiger partial charge in [-0.05, 0) is 49.7 Å². The maximum atomic E-state index is 12.6. The van der Waals surface area contributed by atoms with Crippen molar-refractivity contribution in [2.24, 2.45) is 0 Å². The summed E-state index contributed by atoms with van der Waals surface area (Å²) in [7, 11) is 0. The number of rotatable bonds is 3. The lowest BCUT2D eigenvalue weighted by atomic mass is 10.0. The van der Waals surface area contributed by atoms with E-state index >= 15 is 0 Å².